The smallest absolute Gasteiger partial charge is 0.243 e. The highest BCUT2D eigenvalue weighted by atomic mass is 16.5. The Balaban J connectivity index is 1.90. The van der Waals surface area contributed by atoms with Crippen molar-refractivity contribution >= 4 is 16.9 Å². The minimum Gasteiger partial charge on any atom is -0.493 e. The van der Waals surface area contributed by atoms with Crippen LogP contribution in [0, 0.1) is 27.7 Å². The summed E-state index contributed by atoms with van der Waals surface area (Å²) in [6.07, 6.45) is 0. The third kappa shape index (κ3) is 4.27. The van der Waals surface area contributed by atoms with Gasteiger partial charge in [-0.15, -0.1) is 0 Å². The van der Waals surface area contributed by atoms with Crippen molar-refractivity contribution in [2.45, 2.75) is 27.7 Å². The van der Waals surface area contributed by atoms with Gasteiger partial charge in [-0.3, -0.25) is 0 Å². The second-order valence-corrected chi connectivity index (χ2v) is 7.70. The molecular formula is C25H26N4O3. The zero-order valence-electron chi connectivity index (χ0n) is 19.1. The second-order valence-electron chi connectivity index (χ2n) is 7.70. The zero-order valence-corrected chi connectivity index (χ0v) is 19.1. The molecule has 0 fully saturated rings. The van der Waals surface area contributed by atoms with E-state index in [-0.39, 0.29) is 0 Å². The largest absolute Gasteiger partial charge is 0.493 e. The van der Waals surface area contributed by atoms with Gasteiger partial charge in [0.1, 0.15) is 11.3 Å². The zero-order chi connectivity index (χ0) is 22.8. The Labute approximate surface area is 186 Å². The van der Waals surface area contributed by atoms with Crippen LogP contribution >= 0.6 is 0 Å². The first-order chi connectivity index (χ1) is 15.4. The molecule has 2 aromatic heterocycles. The van der Waals surface area contributed by atoms with Crippen LogP contribution in [0.2, 0.25) is 0 Å². The third-order valence-corrected chi connectivity index (χ3v) is 5.29. The fourth-order valence-corrected chi connectivity index (χ4v) is 3.53. The second kappa shape index (κ2) is 8.70. The molecule has 164 valence electrons. The quantitative estimate of drug-likeness (QED) is 0.445. The Kier molecular flexibility index (Phi) is 5.81. The molecule has 0 saturated carbocycles. The highest BCUT2D eigenvalue weighted by molar-refractivity contribution is 5.80. The fraction of sp³-hybridized carbons (Fsp3) is 0.240. The first kappa shape index (κ1) is 21.4. The summed E-state index contributed by atoms with van der Waals surface area (Å²) in [5.41, 5.74) is 8.64. The van der Waals surface area contributed by atoms with Crippen LogP contribution < -0.4 is 20.3 Å². The summed E-state index contributed by atoms with van der Waals surface area (Å²) >= 11 is 0. The van der Waals surface area contributed by atoms with Crippen molar-refractivity contribution in [2.75, 3.05) is 19.6 Å². The standard InChI is InChI=1S/C25H26N4O3/c1-14-9-19-20(28-29-25-26-16(3)11-17(4)27-25)13-22(32-23(19)10-15(14)2)18-7-8-21(30-5)24(12-18)31-6/h7-13H,1-6H3,(H,26,27,29)/b28-20+. The fourth-order valence-electron chi connectivity index (χ4n) is 3.53. The molecule has 0 amide bonds. The summed E-state index contributed by atoms with van der Waals surface area (Å²) in [5.74, 6) is 2.39. The van der Waals surface area contributed by atoms with Crippen LogP contribution in [0.4, 0.5) is 5.95 Å². The topological polar surface area (TPSA) is 81.8 Å². The number of hydrogen-bond acceptors (Lipinski definition) is 7. The molecule has 0 aliphatic rings. The van der Waals surface area contributed by atoms with E-state index in [0.717, 1.165) is 44.4 Å². The minimum absolute atomic E-state index is 0.452. The summed E-state index contributed by atoms with van der Waals surface area (Å²) in [6, 6.07) is 13.6. The summed E-state index contributed by atoms with van der Waals surface area (Å²) < 4.78 is 17.1. The Morgan fingerprint density at radius 1 is 0.812 bits per heavy atom. The summed E-state index contributed by atoms with van der Waals surface area (Å²) in [7, 11) is 3.22. The van der Waals surface area contributed by atoms with E-state index in [4.69, 9.17) is 13.9 Å². The predicted molar refractivity (Wildman–Crippen MR) is 125 cm³/mol. The SMILES string of the molecule is COc1ccc(-c2c/c(=N\Nc3nc(C)cc(C)n3)c3cc(C)c(C)cc3o2)cc1OC. The molecule has 0 spiro atoms. The maximum Gasteiger partial charge on any atom is 0.243 e. The van der Waals surface area contributed by atoms with Crippen molar-refractivity contribution in [3.05, 3.63) is 70.3 Å². The van der Waals surface area contributed by atoms with E-state index in [1.807, 2.05) is 50.2 Å². The van der Waals surface area contributed by atoms with Gasteiger partial charge in [-0.05, 0) is 75.2 Å². The number of anilines is 1. The third-order valence-electron chi connectivity index (χ3n) is 5.29. The highest BCUT2D eigenvalue weighted by Gasteiger charge is 2.11. The van der Waals surface area contributed by atoms with Gasteiger partial charge in [0.2, 0.25) is 5.95 Å². The molecule has 32 heavy (non-hydrogen) atoms. The normalized spacial score (nSPS) is 11.6. The monoisotopic (exact) mass is 430 g/mol. The number of rotatable bonds is 5. The van der Waals surface area contributed by atoms with Crippen LogP contribution in [0.1, 0.15) is 22.5 Å². The lowest BCUT2D eigenvalue weighted by Gasteiger charge is -2.11. The highest BCUT2D eigenvalue weighted by Crippen LogP contribution is 2.33. The Morgan fingerprint density at radius 3 is 2.19 bits per heavy atom. The van der Waals surface area contributed by atoms with Crippen LogP contribution in [0.15, 0.2) is 52.0 Å². The molecule has 0 saturated heterocycles. The number of hydrogen-bond donors (Lipinski definition) is 1. The van der Waals surface area contributed by atoms with E-state index in [9.17, 15) is 0 Å². The van der Waals surface area contributed by atoms with Gasteiger partial charge in [0.15, 0.2) is 11.5 Å². The first-order valence-corrected chi connectivity index (χ1v) is 10.3. The molecule has 0 radical (unpaired) electrons. The molecule has 2 aromatic carbocycles. The lowest BCUT2D eigenvalue weighted by Crippen LogP contribution is -2.10. The van der Waals surface area contributed by atoms with Crippen LogP contribution in [0.25, 0.3) is 22.3 Å². The minimum atomic E-state index is 0.452. The van der Waals surface area contributed by atoms with Gasteiger partial charge in [-0.1, -0.05) is 0 Å². The average Bonchev–Trinajstić information content (AvgIpc) is 2.77. The Bertz CT molecular complexity index is 1360. The van der Waals surface area contributed by atoms with Crippen molar-refractivity contribution in [2.24, 2.45) is 5.10 Å². The molecule has 0 aliphatic heterocycles. The molecule has 7 nitrogen and oxygen atoms in total. The average molecular weight is 431 g/mol. The lowest BCUT2D eigenvalue weighted by molar-refractivity contribution is 0.355. The number of aromatic nitrogens is 2. The van der Waals surface area contributed by atoms with E-state index in [0.29, 0.717) is 23.2 Å². The number of benzene rings is 2. The Morgan fingerprint density at radius 2 is 1.50 bits per heavy atom. The van der Waals surface area contributed by atoms with Gasteiger partial charge in [0.25, 0.3) is 0 Å². The van der Waals surface area contributed by atoms with Gasteiger partial charge >= 0.3 is 0 Å². The summed E-state index contributed by atoms with van der Waals surface area (Å²) in [4.78, 5) is 8.83. The maximum absolute atomic E-state index is 6.27. The Hall–Kier alpha value is -3.87. The molecule has 0 atom stereocenters. The van der Waals surface area contributed by atoms with Gasteiger partial charge in [-0.25, -0.2) is 15.4 Å². The van der Waals surface area contributed by atoms with E-state index in [1.54, 1.807) is 14.2 Å². The lowest BCUT2D eigenvalue weighted by atomic mass is 10.1. The summed E-state index contributed by atoms with van der Waals surface area (Å²) in [6.45, 7) is 7.99. The molecule has 0 aliphatic carbocycles. The molecule has 7 heteroatoms. The predicted octanol–water partition coefficient (Wildman–Crippen LogP) is 5.07. The number of nitrogens with zero attached hydrogens (tertiary/aromatic N) is 3. The van der Waals surface area contributed by atoms with E-state index in [2.05, 4.69) is 40.4 Å². The van der Waals surface area contributed by atoms with Crippen molar-refractivity contribution in [3.63, 3.8) is 0 Å². The summed E-state index contributed by atoms with van der Waals surface area (Å²) in [5, 5.41) is 6.25. The van der Waals surface area contributed by atoms with Crippen LogP contribution in [0.5, 0.6) is 11.5 Å². The molecule has 1 N–H and O–H groups in total. The number of ether oxygens (including phenoxy) is 2. The van der Waals surface area contributed by atoms with Crippen LogP contribution in [-0.4, -0.2) is 24.2 Å². The number of fused-ring (bicyclic) bond motifs is 1. The van der Waals surface area contributed by atoms with E-state index in [1.165, 1.54) is 0 Å². The van der Waals surface area contributed by atoms with Gasteiger partial charge in [-0.2, -0.15) is 5.10 Å². The molecule has 0 unspecified atom stereocenters. The van der Waals surface area contributed by atoms with Gasteiger partial charge < -0.3 is 13.9 Å². The van der Waals surface area contributed by atoms with Crippen molar-refractivity contribution < 1.29 is 13.9 Å². The van der Waals surface area contributed by atoms with Crippen molar-refractivity contribution in [1.82, 2.24) is 9.97 Å². The molecule has 4 rings (SSSR count). The first-order valence-electron chi connectivity index (χ1n) is 10.3. The molecular weight excluding hydrogens is 404 g/mol. The molecule has 2 heterocycles. The van der Waals surface area contributed by atoms with E-state index >= 15 is 0 Å². The van der Waals surface area contributed by atoms with Crippen LogP contribution in [-0.2, 0) is 0 Å². The van der Waals surface area contributed by atoms with Crippen molar-refractivity contribution in [3.8, 4) is 22.8 Å². The molecule has 0 bridgehead atoms. The maximum atomic E-state index is 6.27. The van der Waals surface area contributed by atoms with Gasteiger partial charge in [0, 0.05) is 28.4 Å². The van der Waals surface area contributed by atoms with Gasteiger partial charge in [0.05, 0.1) is 19.6 Å². The van der Waals surface area contributed by atoms with Crippen molar-refractivity contribution in [1.29, 1.82) is 0 Å². The van der Waals surface area contributed by atoms with Crippen LogP contribution in [0.3, 0.4) is 0 Å². The van der Waals surface area contributed by atoms with E-state index < -0.39 is 0 Å². The molecule has 4 aromatic rings. The number of methoxy groups -OCH3 is 2. The number of aryl methyl sites for hydroxylation is 4. The number of nitrogens with one attached hydrogen (secondary N) is 1.